The minimum absolute atomic E-state index is 0.0467. The highest BCUT2D eigenvalue weighted by Crippen LogP contribution is 2.23. The van der Waals surface area contributed by atoms with Crippen LogP contribution in [0.3, 0.4) is 0 Å². The first kappa shape index (κ1) is 10.2. The number of nitrogens with zero attached hydrogens (tertiary/aromatic N) is 1. The van der Waals surface area contributed by atoms with Crippen LogP contribution in [0.15, 0.2) is 41.2 Å². The van der Waals surface area contributed by atoms with Gasteiger partial charge >= 0.3 is 0 Å². The zero-order chi connectivity index (χ0) is 11.8. The lowest BCUT2D eigenvalue weighted by molar-refractivity contribution is 1.37. The number of benzene rings is 1. The molecule has 0 unspecified atom stereocenters. The van der Waals surface area contributed by atoms with Gasteiger partial charge in [0.2, 0.25) is 0 Å². The molecule has 2 aromatic heterocycles. The van der Waals surface area contributed by atoms with Crippen LogP contribution >= 0.6 is 11.5 Å². The van der Waals surface area contributed by atoms with Gasteiger partial charge in [-0.3, -0.25) is 9.17 Å². The predicted molar refractivity (Wildman–Crippen MR) is 70.4 cm³/mol. The van der Waals surface area contributed by atoms with Crippen LogP contribution in [0.1, 0.15) is 5.56 Å². The molecule has 0 saturated heterocycles. The summed E-state index contributed by atoms with van der Waals surface area (Å²) in [5, 5.41) is 0.703. The zero-order valence-corrected chi connectivity index (χ0v) is 10.0. The fourth-order valence-electron chi connectivity index (χ4n) is 1.90. The van der Waals surface area contributed by atoms with E-state index >= 15 is 0 Å². The van der Waals surface area contributed by atoms with E-state index in [2.05, 4.69) is 9.36 Å². The van der Waals surface area contributed by atoms with Gasteiger partial charge in [0.05, 0.1) is 11.1 Å². The average molecular weight is 242 g/mol. The molecule has 4 heteroatoms. The summed E-state index contributed by atoms with van der Waals surface area (Å²) in [6, 6.07) is 11.9. The number of hydrogen-bond acceptors (Lipinski definition) is 3. The van der Waals surface area contributed by atoms with E-state index in [4.69, 9.17) is 0 Å². The Morgan fingerprint density at radius 2 is 2.00 bits per heavy atom. The van der Waals surface area contributed by atoms with Gasteiger partial charge in [-0.25, -0.2) is 4.98 Å². The van der Waals surface area contributed by atoms with Gasteiger partial charge in [-0.1, -0.05) is 30.3 Å². The molecule has 0 fully saturated rings. The highest BCUT2D eigenvalue weighted by molar-refractivity contribution is 7.12. The average Bonchev–Trinajstić information content (AvgIpc) is 2.73. The molecular weight excluding hydrogens is 232 g/mol. The number of pyridine rings is 1. The third kappa shape index (κ3) is 1.66. The van der Waals surface area contributed by atoms with Crippen molar-refractivity contribution in [1.82, 2.24) is 9.36 Å². The topological polar surface area (TPSA) is 45.8 Å². The first-order valence-corrected chi connectivity index (χ1v) is 6.11. The lowest BCUT2D eigenvalue weighted by Crippen LogP contribution is -1.99. The van der Waals surface area contributed by atoms with Crippen molar-refractivity contribution >= 4 is 21.7 Å². The van der Waals surface area contributed by atoms with Crippen molar-refractivity contribution in [1.29, 1.82) is 0 Å². The monoisotopic (exact) mass is 242 g/mol. The van der Waals surface area contributed by atoms with Crippen molar-refractivity contribution in [2.75, 3.05) is 0 Å². The molecular formula is C13H10N2OS. The Morgan fingerprint density at radius 3 is 2.76 bits per heavy atom. The van der Waals surface area contributed by atoms with E-state index in [0.717, 1.165) is 21.7 Å². The number of fused-ring (bicyclic) bond motifs is 1. The van der Waals surface area contributed by atoms with Gasteiger partial charge in [0.1, 0.15) is 4.83 Å². The Morgan fingerprint density at radius 1 is 1.24 bits per heavy atom. The number of hydrogen-bond donors (Lipinski definition) is 1. The largest absolute Gasteiger partial charge is 0.275 e. The summed E-state index contributed by atoms with van der Waals surface area (Å²) in [5.74, 6) is 0. The van der Waals surface area contributed by atoms with E-state index in [-0.39, 0.29) is 5.56 Å². The molecule has 1 N–H and O–H groups in total. The second kappa shape index (κ2) is 3.82. The van der Waals surface area contributed by atoms with E-state index in [1.165, 1.54) is 11.5 Å². The maximum absolute atomic E-state index is 11.6. The van der Waals surface area contributed by atoms with Crippen LogP contribution < -0.4 is 5.56 Å². The van der Waals surface area contributed by atoms with Crippen LogP contribution in [-0.4, -0.2) is 9.36 Å². The molecule has 3 rings (SSSR count). The van der Waals surface area contributed by atoms with Gasteiger partial charge in [0.15, 0.2) is 0 Å². The van der Waals surface area contributed by atoms with Gasteiger partial charge in [0, 0.05) is 5.56 Å². The van der Waals surface area contributed by atoms with Crippen LogP contribution in [0, 0.1) is 6.92 Å². The number of aromatic amines is 1. The molecule has 0 aliphatic heterocycles. The lowest BCUT2D eigenvalue weighted by atomic mass is 10.1. The zero-order valence-electron chi connectivity index (χ0n) is 9.23. The van der Waals surface area contributed by atoms with Gasteiger partial charge in [0.25, 0.3) is 5.56 Å². The first-order chi connectivity index (χ1) is 8.25. The minimum Gasteiger partial charge on any atom is -0.275 e. The molecule has 0 spiro atoms. The number of H-pyrrole nitrogens is 1. The molecule has 0 saturated carbocycles. The van der Waals surface area contributed by atoms with Crippen LogP contribution in [-0.2, 0) is 0 Å². The van der Waals surface area contributed by atoms with Crippen molar-refractivity contribution in [2.45, 2.75) is 6.92 Å². The second-order valence-electron chi connectivity index (χ2n) is 3.90. The molecule has 2 heterocycles. The third-order valence-corrected chi connectivity index (χ3v) is 3.50. The van der Waals surface area contributed by atoms with Crippen molar-refractivity contribution in [2.24, 2.45) is 0 Å². The number of rotatable bonds is 1. The number of aryl methyl sites for hydroxylation is 1. The molecule has 17 heavy (non-hydrogen) atoms. The van der Waals surface area contributed by atoms with E-state index < -0.39 is 0 Å². The third-order valence-electron chi connectivity index (χ3n) is 2.72. The second-order valence-corrected chi connectivity index (χ2v) is 4.70. The summed E-state index contributed by atoms with van der Waals surface area (Å²) >= 11 is 1.29. The molecule has 0 aliphatic rings. The van der Waals surface area contributed by atoms with Gasteiger partial charge in [-0.05, 0) is 30.1 Å². The van der Waals surface area contributed by atoms with Crippen LogP contribution in [0.2, 0.25) is 0 Å². The highest BCUT2D eigenvalue weighted by Gasteiger charge is 2.09. The van der Waals surface area contributed by atoms with E-state index in [9.17, 15) is 4.79 Å². The van der Waals surface area contributed by atoms with E-state index in [0.29, 0.717) is 5.39 Å². The van der Waals surface area contributed by atoms with E-state index in [1.807, 2.05) is 43.3 Å². The SMILES string of the molecule is Cc1cc(-c2ccccc2)nc2s[nH]c(=O)c12. The molecule has 3 aromatic rings. The normalized spacial score (nSPS) is 10.9. The smallest absolute Gasteiger partial charge is 0.267 e. The van der Waals surface area contributed by atoms with Crippen LogP contribution in [0.25, 0.3) is 21.5 Å². The molecule has 0 radical (unpaired) electrons. The molecule has 0 aliphatic carbocycles. The standard InChI is InChI=1S/C13H10N2OS/c1-8-7-10(9-5-3-2-4-6-9)14-13-11(8)12(16)15-17-13/h2-7H,1H3,(H,15,16). The molecule has 0 atom stereocenters. The first-order valence-electron chi connectivity index (χ1n) is 5.30. The summed E-state index contributed by atoms with van der Waals surface area (Å²) < 4.78 is 2.72. The Hall–Kier alpha value is -1.94. The molecule has 0 bridgehead atoms. The Labute approximate surface area is 102 Å². The molecule has 84 valence electrons. The summed E-state index contributed by atoms with van der Waals surface area (Å²) in [4.78, 5) is 16.8. The van der Waals surface area contributed by atoms with Crippen molar-refractivity contribution in [3.8, 4) is 11.3 Å². The Balaban J connectivity index is 2.30. The van der Waals surface area contributed by atoms with Crippen molar-refractivity contribution in [3.05, 3.63) is 52.3 Å². The van der Waals surface area contributed by atoms with Gasteiger partial charge in [-0.2, -0.15) is 0 Å². The van der Waals surface area contributed by atoms with E-state index in [1.54, 1.807) is 0 Å². The maximum Gasteiger partial charge on any atom is 0.267 e. The summed E-state index contributed by atoms with van der Waals surface area (Å²) in [6.07, 6.45) is 0. The Kier molecular flexibility index (Phi) is 2.30. The van der Waals surface area contributed by atoms with Gasteiger partial charge < -0.3 is 0 Å². The van der Waals surface area contributed by atoms with Crippen molar-refractivity contribution in [3.63, 3.8) is 0 Å². The number of aromatic nitrogens is 2. The predicted octanol–water partition coefficient (Wildman–Crippen LogP) is 2.96. The Bertz CT molecular complexity index is 728. The summed E-state index contributed by atoms with van der Waals surface area (Å²) in [5.41, 5.74) is 2.90. The summed E-state index contributed by atoms with van der Waals surface area (Å²) in [7, 11) is 0. The molecule has 3 nitrogen and oxygen atoms in total. The van der Waals surface area contributed by atoms with Crippen LogP contribution in [0.4, 0.5) is 0 Å². The lowest BCUT2D eigenvalue weighted by Gasteiger charge is -2.02. The van der Waals surface area contributed by atoms with Crippen molar-refractivity contribution < 1.29 is 0 Å². The molecule has 1 aromatic carbocycles. The molecule has 0 amide bonds. The number of nitrogens with one attached hydrogen (secondary N) is 1. The highest BCUT2D eigenvalue weighted by atomic mass is 32.1. The summed E-state index contributed by atoms with van der Waals surface area (Å²) in [6.45, 7) is 1.94. The van der Waals surface area contributed by atoms with Crippen LogP contribution in [0.5, 0.6) is 0 Å². The van der Waals surface area contributed by atoms with Gasteiger partial charge in [-0.15, -0.1) is 0 Å². The minimum atomic E-state index is -0.0467. The quantitative estimate of drug-likeness (QED) is 0.713. The maximum atomic E-state index is 11.6. The fourth-order valence-corrected chi connectivity index (χ4v) is 2.69. The fraction of sp³-hybridized carbons (Fsp3) is 0.0769.